The van der Waals surface area contributed by atoms with Gasteiger partial charge in [0.25, 0.3) is 0 Å². The molecule has 0 unspecified atom stereocenters. The first-order chi connectivity index (χ1) is 8.22. The highest BCUT2D eigenvalue weighted by atomic mass is 79.9. The average Bonchev–Trinajstić information content (AvgIpc) is 2.68. The summed E-state index contributed by atoms with van der Waals surface area (Å²) in [5, 5.41) is 7.74. The molecular formula is C13H16BrN3. The van der Waals surface area contributed by atoms with Crippen LogP contribution in [-0.2, 0) is 6.42 Å². The average molecular weight is 294 g/mol. The zero-order valence-corrected chi connectivity index (χ0v) is 11.7. The summed E-state index contributed by atoms with van der Waals surface area (Å²) >= 11 is 3.56. The Balaban J connectivity index is 2.31. The van der Waals surface area contributed by atoms with Crippen molar-refractivity contribution >= 4 is 15.9 Å². The molecule has 1 aromatic heterocycles. The molecule has 2 rings (SSSR count). The zero-order valence-electron chi connectivity index (χ0n) is 10.1. The minimum atomic E-state index is 0.927. The van der Waals surface area contributed by atoms with E-state index < -0.39 is 0 Å². The second-order valence-electron chi connectivity index (χ2n) is 4.01. The van der Waals surface area contributed by atoms with Gasteiger partial charge in [-0.25, -0.2) is 4.68 Å². The van der Waals surface area contributed by atoms with Gasteiger partial charge >= 0.3 is 0 Å². The number of benzene rings is 1. The number of hydrogen-bond acceptors (Lipinski definition) is 2. The van der Waals surface area contributed by atoms with Gasteiger partial charge in [-0.3, -0.25) is 0 Å². The van der Waals surface area contributed by atoms with Gasteiger partial charge in [0.2, 0.25) is 0 Å². The van der Waals surface area contributed by atoms with Crippen LogP contribution in [-0.4, -0.2) is 23.4 Å². The molecule has 0 radical (unpaired) electrons. The van der Waals surface area contributed by atoms with Crippen molar-refractivity contribution in [3.8, 4) is 5.69 Å². The summed E-state index contributed by atoms with van der Waals surface area (Å²) in [6.45, 7) is 3.03. The molecule has 2 aromatic rings. The second-order valence-corrected chi connectivity index (χ2v) is 4.86. The van der Waals surface area contributed by atoms with Gasteiger partial charge in [-0.05, 0) is 41.5 Å². The fraction of sp³-hybridized carbons (Fsp3) is 0.308. The van der Waals surface area contributed by atoms with Crippen molar-refractivity contribution in [2.45, 2.75) is 13.3 Å². The van der Waals surface area contributed by atoms with Crippen molar-refractivity contribution < 1.29 is 0 Å². The molecule has 90 valence electrons. The lowest BCUT2D eigenvalue weighted by atomic mass is 10.2. The maximum Gasteiger partial charge on any atom is 0.0783 e. The third-order valence-corrected chi connectivity index (χ3v) is 3.38. The Morgan fingerprint density at radius 3 is 2.82 bits per heavy atom. The number of nitrogens with zero attached hydrogens (tertiary/aromatic N) is 2. The van der Waals surface area contributed by atoms with E-state index in [9.17, 15) is 0 Å². The molecule has 0 aliphatic carbocycles. The molecule has 0 amide bonds. The fourth-order valence-electron chi connectivity index (χ4n) is 1.75. The molecule has 1 heterocycles. The standard InChI is InChI=1S/C13H16BrN3/c1-10-5-3-4-6-13(10)17-9-11(14)12(16-17)7-8-15-2/h3-6,9,15H,7-8H2,1-2H3. The molecule has 0 aliphatic heterocycles. The van der Waals surface area contributed by atoms with Crippen molar-refractivity contribution in [3.05, 3.63) is 46.2 Å². The number of para-hydroxylation sites is 1. The first-order valence-electron chi connectivity index (χ1n) is 5.67. The maximum absolute atomic E-state index is 4.61. The summed E-state index contributed by atoms with van der Waals surface area (Å²) in [5.74, 6) is 0. The first-order valence-corrected chi connectivity index (χ1v) is 6.46. The van der Waals surface area contributed by atoms with E-state index in [0.717, 1.165) is 28.8 Å². The zero-order chi connectivity index (χ0) is 12.3. The maximum atomic E-state index is 4.61. The van der Waals surface area contributed by atoms with Crippen molar-refractivity contribution in [1.82, 2.24) is 15.1 Å². The molecule has 17 heavy (non-hydrogen) atoms. The highest BCUT2D eigenvalue weighted by Crippen LogP contribution is 2.20. The second kappa shape index (κ2) is 5.47. The molecule has 1 aromatic carbocycles. The van der Waals surface area contributed by atoms with E-state index in [0.29, 0.717) is 0 Å². The van der Waals surface area contributed by atoms with Crippen LogP contribution in [0.3, 0.4) is 0 Å². The fourth-order valence-corrected chi connectivity index (χ4v) is 2.22. The van der Waals surface area contributed by atoms with Crippen LogP contribution in [0.5, 0.6) is 0 Å². The van der Waals surface area contributed by atoms with Crippen molar-refractivity contribution in [2.24, 2.45) is 0 Å². The van der Waals surface area contributed by atoms with Gasteiger partial charge in [0.1, 0.15) is 0 Å². The molecular weight excluding hydrogens is 278 g/mol. The predicted octanol–water partition coefficient (Wildman–Crippen LogP) is 2.71. The summed E-state index contributed by atoms with van der Waals surface area (Å²) < 4.78 is 3.00. The summed E-state index contributed by atoms with van der Waals surface area (Å²) in [4.78, 5) is 0. The number of likely N-dealkylation sites (N-methyl/N-ethyl adjacent to an activating group) is 1. The summed E-state index contributed by atoms with van der Waals surface area (Å²) in [6, 6.07) is 8.25. The summed E-state index contributed by atoms with van der Waals surface area (Å²) in [7, 11) is 1.95. The van der Waals surface area contributed by atoms with Crippen LogP contribution in [0.4, 0.5) is 0 Å². The van der Waals surface area contributed by atoms with E-state index in [1.165, 1.54) is 5.56 Å². The van der Waals surface area contributed by atoms with Crippen LogP contribution in [0.1, 0.15) is 11.3 Å². The molecule has 0 aliphatic rings. The van der Waals surface area contributed by atoms with E-state index >= 15 is 0 Å². The molecule has 0 atom stereocenters. The van der Waals surface area contributed by atoms with Gasteiger partial charge in [0.05, 0.1) is 15.9 Å². The topological polar surface area (TPSA) is 29.9 Å². The lowest BCUT2D eigenvalue weighted by molar-refractivity contribution is 0.753. The van der Waals surface area contributed by atoms with Crippen molar-refractivity contribution in [1.29, 1.82) is 0 Å². The molecule has 0 spiro atoms. The van der Waals surface area contributed by atoms with Crippen LogP contribution < -0.4 is 5.32 Å². The number of aromatic nitrogens is 2. The molecule has 1 N–H and O–H groups in total. The van der Waals surface area contributed by atoms with Gasteiger partial charge in [-0.1, -0.05) is 18.2 Å². The Labute approximate surface area is 110 Å². The Morgan fingerprint density at radius 1 is 1.35 bits per heavy atom. The third kappa shape index (κ3) is 2.76. The number of rotatable bonds is 4. The van der Waals surface area contributed by atoms with Gasteiger partial charge in [0, 0.05) is 19.2 Å². The van der Waals surface area contributed by atoms with E-state index in [1.807, 2.05) is 30.1 Å². The molecule has 3 nitrogen and oxygen atoms in total. The van der Waals surface area contributed by atoms with Crippen LogP contribution in [0.15, 0.2) is 34.9 Å². The van der Waals surface area contributed by atoms with Gasteiger partial charge in [-0.2, -0.15) is 5.10 Å². The largest absolute Gasteiger partial charge is 0.319 e. The van der Waals surface area contributed by atoms with Crippen molar-refractivity contribution in [2.75, 3.05) is 13.6 Å². The SMILES string of the molecule is CNCCc1nn(-c2ccccc2C)cc1Br. The third-order valence-electron chi connectivity index (χ3n) is 2.71. The van der Waals surface area contributed by atoms with Gasteiger partial charge < -0.3 is 5.32 Å². The number of nitrogens with one attached hydrogen (secondary N) is 1. The van der Waals surface area contributed by atoms with Crippen LogP contribution in [0, 0.1) is 6.92 Å². The summed E-state index contributed by atoms with van der Waals surface area (Å²) in [5.41, 5.74) is 3.44. The van der Waals surface area contributed by atoms with Crippen molar-refractivity contribution in [3.63, 3.8) is 0 Å². The predicted molar refractivity (Wildman–Crippen MR) is 73.6 cm³/mol. The van der Waals surface area contributed by atoms with Crippen LogP contribution in [0.25, 0.3) is 5.69 Å². The van der Waals surface area contributed by atoms with Gasteiger partial charge in [-0.15, -0.1) is 0 Å². The molecule has 4 heteroatoms. The van der Waals surface area contributed by atoms with Crippen LogP contribution in [0.2, 0.25) is 0 Å². The molecule has 0 saturated carbocycles. The highest BCUT2D eigenvalue weighted by Gasteiger charge is 2.08. The van der Waals surface area contributed by atoms with E-state index in [4.69, 9.17) is 0 Å². The van der Waals surface area contributed by atoms with E-state index in [2.05, 4.69) is 45.4 Å². The lowest BCUT2D eigenvalue weighted by Crippen LogP contribution is -2.11. The minimum absolute atomic E-state index is 0.927. The number of aryl methyl sites for hydroxylation is 1. The van der Waals surface area contributed by atoms with E-state index in [-0.39, 0.29) is 0 Å². The quantitative estimate of drug-likeness (QED) is 0.939. The summed E-state index contributed by atoms with van der Waals surface area (Å²) in [6.07, 6.45) is 2.95. The Bertz CT molecular complexity index is 505. The number of hydrogen-bond donors (Lipinski definition) is 1. The molecule has 0 fully saturated rings. The highest BCUT2D eigenvalue weighted by molar-refractivity contribution is 9.10. The van der Waals surface area contributed by atoms with E-state index in [1.54, 1.807) is 0 Å². The molecule has 0 saturated heterocycles. The minimum Gasteiger partial charge on any atom is -0.319 e. The Morgan fingerprint density at radius 2 is 2.12 bits per heavy atom. The van der Waals surface area contributed by atoms with Crippen LogP contribution >= 0.6 is 15.9 Å². The normalized spacial score (nSPS) is 10.8. The Kier molecular flexibility index (Phi) is 3.97. The smallest absolute Gasteiger partial charge is 0.0783 e. The molecule has 0 bridgehead atoms. The lowest BCUT2D eigenvalue weighted by Gasteiger charge is -2.04. The van der Waals surface area contributed by atoms with Gasteiger partial charge in [0.15, 0.2) is 0 Å². The number of halogens is 1. The Hall–Kier alpha value is -1.13. The monoisotopic (exact) mass is 293 g/mol. The first kappa shape index (κ1) is 12.3.